The summed E-state index contributed by atoms with van der Waals surface area (Å²) in [5.74, 6) is -0.452. The van der Waals surface area contributed by atoms with Crippen LogP contribution in [0.4, 0.5) is 0 Å². The van der Waals surface area contributed by atoms with Crippen LogP contribution in [0.25, 0.3) is 11.8 Å². The van der Waals surface area contributed by atoms with Gasteiger partial charge in [0.15, 0.2) is 5.69 Å². The number of carbonyl (C=O) groups is 1. The zero-order valence-corrected chi connectivity index (χ0v) is 14.8. The number of hydrogen-bond donors (Lipinski definition) is 1. The lowest BCUT2D eigenvalue weighted by molar-refractivity contribution is 0.0517. The lowest BCUT2D eigenvalue weighted by Gasteiger charge is -2.12. The summed E-state index contributed by atoms with van der Waals surface area (Å²) in [6.07, 6.45) is 3.55. The molecule has 1 heterocycles. The molecule has 0 radical (unpaired) electrons. The number of sulfonamides is 1. The fraction of sp³-hybridized carbons (Fsp3) is 0.294. The summed E-state index contributed by atoms with van der Waals surface area (Å²) in [4.78, 5) is 12.2. The van der Waals surface area contributed by atoms with Crippen LogP contribution in [-0.4, -0.2) is 30.8 Å². The van der Waals surface area contributed by atoms with E-state index in [9.17, 15) is 13.2 Å². The van der Waals surface area contributed by atoms with E-state index in [2.05, 4.69) is 5.10 Å². The Hall–Kier alpha value is -2.45. The van der Waals surface area contributed by atoms with E-state index in [4.69, 9.17) is 9.88 Å². The van der Waals surface area contributed by atoms with Crippen LogP contribution in [0, 0.1) is 0 Å². The standard InChI is InChI=1S/C17H19N3O4S/c1-3-24-17(21)16-14-9-4-11(2)10-15(14)20(19-16)12-5-7-13(8-6-12)25(18,22)23/h5-8,10H,3-4,9H2,1-2H3,(H2,18,22,23). The van der Waals surface area contributed by atoms with Crippen molar-refractivity contribution in [1.82, 2.24) is 9.78 Å². The summed E-state index contributed by atoms with van der Waals surface area (Å²) in [6.45, 7) is 4.05. The van der Waals surface area contributed by atoms with Crippen molar-refractivity contribution in [2.75, 3.05) is 6.61 Å². The van der Waals surface area contributed by atoms with Crippen LogP contribution in [0.15, 0.2) is 34.7 Å². The Kier molecular flexibility index (Phi) is 4.49. The van der Waals surface area contributed by atoms with Gasteiger partial charge in [-0.3, -0.25) is 0 Å². The topological polar surface area (TPSA) is 104 Å². The number of benzene rings is 1. The minimum absolute atomic E-state index is 0.0228. The highest BCUT2D eigenvalue weighted by Crippen LogP contribution is 2.29. The van der Waals surface area contributed by atoms with Crippen LogP contribution in [0.1, 0.15) is 42.0 Å². The quantitative estimate of drug-likeness (QED) is 0.839. The first kappa shape index (κ1) is 17.4. The Morgan fingerprint density at radius 1 is 1.28 bits per heavy atom. The highest BCUT2D eigenvalue weighted by atomic mass is 32.2. The number of ether oxygens (including phenoxy) is 1. The Labute approximate surface area is 146 Å². The Bertz CT molecular complexity index is 957. The van der Waals surface area contributed by atoms with Gasteiger partial charge in [-0.25, -0.2) is 23.0 Å². The third-order valence-electron chi connectivity index (χ3n) is 4.05. The number of primary sulfonamides is 1. The van der Waals surface area contributed by atoms with Gasteiger partial charge in [-0.15, -0.1) is 0 Å². The van der Waals surface area contributed by atoms with Gasteiger partial charge in [-0.1, -0.05) is 5.57 Å². The molecule has 25 heavy (non-hydrogen) atoms. The first-order valence-electron chi connectivity index (χ1n) is 7.90. The van der Waals surface area contributed by atoms with Crippen molar-refractivity contribution >= 4 is 22.1 Å². The van der Waals surface area contributed by atoms with Crippen LogP contribution in [0.5, 0.6) is 0 Å². The molecule has 132 valence electrons. The number of hydrogen-bond acceptors (Lipinski definition) is 5. The van der Waals surface area contributed by atoms with Crippen LogP contribution >= 0.6 is 0 Å². The fourth-order valence-corrected chi connectivity index (χ4v) is 3.34. The summed E-state index contributed by atoms with van der Waals surface area (Å²) in [7, 11) is -3.76. The first-order valence-corrected chi connectivity index (χ1v) is 9.45. The molecule has 0 fully saturated rings. The van der Waals surface area contributed by atoms with E-state index in [0.717, 1.165) is 17.7 Å². The highest BCUT2D eigenvalue weighted by Gasteiger charge is 2.25. The molecule has 1 aliphatic rings. The van der Waals surface area contributed by atoms with Crippen LogP contribution in [0.3, 0.4) is 0 Å². The Balaban J connectivity index is 2.12. The average Bonchev–Trinajstić information content (AvgIpc) is 2.93. The molecule has 1 aliphatic carbocycles. The number of fused-ring (bicyclic) bond motifs is 1. The number of rotatable bonds is 4. The molecule has 2 N–H and O–H groups in total. The van der Waals surface area contributed by atoms with Gasteiger partial charge in [-0.05, 0) is 57.0 Å². The Morgan fingerprint density at radius 2 is 1.96 bits per heavy atom. The van der Waals surface area contributed by atoms with Crippen LogP contribution < -0.4 is 5.14 Å². The second-order valence-corrected chi connectivity index (χ2v) is 7.44. The average molecular weight is 361 g/mol. The minimum Gasteiger partial charge on any atom is -0.461 e. The fourth-order valence-electron chi connectivity index (χ4n) is 2.82. The van der Waals surface area contributed by atoms with Crippen molar-refractivity contribution in [3.63, 3.8) is 0 Å². The maximum Gasteiger partial charge on any atom is 0.359 e. The van der Waals surface area contributed by atoms with Gasteiger partial charge in [0, 0.05) is 5.56 Å². The second kappa shape index (κ2) is 6.45. The molecule has 1 aromatic heterocycles. The second-order valence-electron chi connectivity index (χ2n) is 5.87. The lowest BCUT2D eigenvalue weighted by Crippen LogP contribution is -2.12. The maximum atomic E-state index is 12.2. The number of aromatic nitrogens is 2. The minimum atomic E-state index is -3.76. The zero-order chi connectivity index (χ0) is 18.2. The lowest BCUT2D eigenvalue weighted by atomic mass is 9.96. The molecule has 0 spiro atoms. The van der Waals surface area contributed by atoms with Gasteiger partial charge < -0.3 is 4.74 Å². The zero-order valence-electron chi connectivity index (χ0n) is 14.0. The number of allylic oxidation sites excluding steroid dienone is 1. The van der Waals surface area contributed by atoms with Gasteiger partial charge >= 0.3 is 5.97 Å². The molecular formula is C17H19N3O4S. The smallest absolute Gasteiger partial charge is 0.359 e. The monoisotopic (exact) mass is 361 g/mol. The van der Waals surface area contributed by atoms with Crippen molar-refractivity contribution in [2.24, 2.45) is 5.14 Å². The van der Waals surface area contributed by atoms with Gasteiger partial charge in [0.25, 0.3) is 0 Å². The molecule has 0 bridgehead atoms. The highest BCUT2D eigenvalue weighted by molar-refractivity contribution is 7.89. The molecule has 1 aromatic carbocycles. The number of nitrogens with two attached hydrogens (primary N) is 1. The molecule has 0 aliphatic heterocycles. The molecule has 8 heteroatoms. The maximum absolute atomic E-state index is 12.2. The van der Waals surface area contributed by atoms with E-state index < -0.39 is 16.0 Å². The van der Waals surface area contributed by atoms with Crippen molar-refractivity contribution in [1.29, 1.82) is 0 Å². The van der Waals surface area contributed by atoms with E-state index in [0.29, 0.717) is 17.8 Å². The van der Waals surface area contributed by atoms with Crippen LogP contribution in [0.2, 0.25) is 0 Å². The van der Waals surface area contributed by atoms with Gasteiger partial charge in [0.1, 0.15) is 0 Å². The molecule has 2 aromatic rings. The van der Waals surface area contributed by atoms with E-state index in [1.807, 2.05) is 13.0 Å². The van der Waals surface area contributed by atoms with E-state index in [1.165, 1.54) is 17.7 Å². The van der Waals surface area contributed by atoms with Crippen molar-refractivity contribution < 1.29 is 17.9 Å². The van der Waals surface area contributed by atoms with Gasteiger partial charge in [0.2, 0.25) is 10.0 Å². The molecule has 0 amide bonds. The predicted octanol–water partition coefficient (Wildman–Crippen LogP) is 2.05. The SMILES string of the molecule is CCOC(=O)c1nn(-c2ccc(S(N)(=O)=O)cc2)c2c1CCC(C)=C2. The summed E-state index contributed by atoms with van der Waals surface area (Å²) in [5, 5.41) is 9.55. The molecule has 7 nitrogen and oxygen atoms in total. The normalized spacial score (nSPS) is 14.0. The van der Waals surface area contributed by atoms with Crippen molar-refractivity contribution in [3.05, 3.63) is 46.8 Å². The van der Waals surface area contributed by atoms with Crippen molar-refractivity contribution in [3.8, 4) is 5.69 Å². The number of nitrogens with zero attached hydrogens (tertiary/aromatic N) is 2. The summed E-state index contributed by atoms with van der Waals surface area (Å²) >= 11 is 0. The summed E-state index contributed by atoms with van der Waals surface area (Å²) in [5.41, 5.74) is 3.79. The summed E-state index contributed by atoms with van der Waals surface area (Å²) in [6, 6.07) is 6.06. The van der Waals surface area contributed by atoms with E-state index in [-0.39, 0.29) is 11.5 Å². The molecule has 0 saturated carbocycles. The summed E-state index contributed by atoms with van der Waals surface area (Å²) < 4.78 is 29.6. The Morgan fingerprint density at radius 3 is 2.56 bits per heavy atom. The number of carbonyl (C=O) groups excluding carboxylic acids is 1. The van der Waals surface area contributed by atoms with E-state index in [1.54, 1.807) is 23.7 Å². The van der Waals surface area contributed by atoms with Gasteiger partial charge in [-0.2, -0.15) is 5.10 Å². The molecule has 3 rings (SSSR count). The molecule has 0 saturated heterocycles. The largest absolute Gasteiger partial charge is 0.461 e. The third-order valence-corrected chi connectivity index (χ3v) is 4.98. The van der Waals surface area contributed by atoms with Gasteiger partial charge in [0.05, 0.1) is 22.9 Å². The molecular weight excluding hydrogens is 342 g/mol. The van der Waals surface area contributed by atoms with Crippen LogP contribution in [-0.2, 0) is 21.2 Å². The first-order chi connectivity index (χ1) is 11.8. The molecule has 0 atom stereocenters. The predicted molar refractivity (Wildman–Crippen MR) is 92.9 cm³/mol. The third kappa shape index (κ3) is 3.35. The molecule has 0 unspecified atom stereocenters. The number of esters is 1. The van der Waals surface area contributed by atoms with Crippen molar-refractivity contribution in [2.45, 2.75) is 31.6 Å². The van der Waals surface area contributed by atoms with E-state index >= 15 is 0 Å².